The zero-order chi connectivity index (χ0) is 43.1. The van der Waals surface area contributed by atoms with Crippen LogP contribution in [0.1, 0.15) is 116 Å². The highest BCUT2D eigenvalue weighted by molar-refractivity contribution is 5.78. The number of esters is 4. The minimum Gasteiger partial charge on any atom is -0.462 e. The van der Waals surface area contributed by atoms with E-state index in [0.29, 0.717) is 12.8 Å². The molecule has 3 aliphatic rings. The van der Waals surface area contributed by atoms with Crippen LogP contribution < -0.4 is 11.2 Å². The summed E-state index contributed by atoms with van der Waals surface area (Å²) in [5.41, 5.74) is -5.39. The first kappa shape index (κ1) is 46.1. The maximum absolute atomic E-state index is 13.7. The first-order valence-electron chi connectivity index (χ1n) is 19.5. The van der Waals surface area contributed by atoms with Gasteiger partial charge in [0, 0.05) is 12.3 Å². The van der Waals surface area contributed by atoms with Gasteiger partial charge in [0.15, 0.2) is 36.6 Å². The van der Waals surface area contributed by atoms with Gasteiger partial charge in [-0.2, -0.15) is 0 Å². The molecule has 4 heterocycles. The maximum atomic E-state index is 13.7. The third-order valence-electron chi connectivity index (χ3n) is 9.76. The molecule has 1 N–H and O–H groups in total. The van der Waals surface area contributed by atoms with Gasteiger partial charge in [-0.3, -0.25) is 33.5 Å². The highest BCUT2D eigenvalue weighted by atomic mass is 16.8. The standard InChI is InChI=1S/C40H62N2O15/c1-15-40(16-2)56-25-22(51-29(27(25)57-40)42-18-17-23(43)41-35(42)48)19-49-30-28(55-34(47)39(12,13)14)26(54-33(46)38(9,10)11)24(53-32(45)37(6,7)8)21(52-30)20-50-31(44)36(3,4)5/h17-18,21-22,24-30H,15-16,19-20H2,1-14H3,(H,41,43,48)/t21-,22-,24-,25-,26+,27-,28+,29-,30+/m1/s1. The molecule has 1 aromatic heterocycles. The number of nitrogens with zero attached hydrogens (tertiary/aromatic N) is 1. The SMILES string of the molecule is CCC1(CC)O[C@@H]2[C@H](O1)[C@@H](CO[C@H]1O[C@H](COC(=O)C(C)(C)C)[C@@H](OC(=O)C(C)(C)C)[C@H](OC(=O)C(C)(C)C)[C@@H]1OC(=O)C(C)(C)C)O[C@H]2n1ccc(=O)[nH]c1=O. The number of nitrogens with one attached hydrogen (secondary N) is 1. The zero-order valence-corrected chi connectivity index (χ0v) is 35.8. The van der Waals surface area contributed by atoms with Gasteiger partial charge >= 0.3 is 29.6 Å². The smallest absolute Gasteiger partial charge is 0.330 e. The highest BCUT2D eigenvalue weighted by Crippen LogP contribution is 2.46. The van der Waals surface area contributed by atoms with Crippen molar-refractivity contribution in [2.24, 2.45) is 21.7 Å². The summed E-state index contributed by atoms with van der Waals surface area (Å²) in [5, 5.41) is 0. The summed E-state index contributed by atoms with van der Waals surface area (Å²) in [6, 6.07) is 1.19. The summed E-state index contributed by atoms with van der Waals surface area (Å²) in [6.45, 7) is 22.7. The molecule has 0 amide bonds. The monoisotopic (exact) mass is 810 g/mol. The summed E-state index contributed by atoms with van der Waals surface area (Å²) in [5.74, 6) is -3.71. The van der Waals surface area contributed by atoms with Crippen molar-refractivity contribution in [2.45, 2.75) is 171 Å². The second-order valence-corrected chi connectivity index (χ2v) is 18.9. The fraction of sp³-hybridized carbons (Fsp3) is 0.800. The molecule has 0 unspecified atom stereocenters. The number of rotatable bonds is 11. The Morgan fingerprint density at radius 3 is 1.65 bits per heavy atom. The van der Waals surface area contributed by atoms with Gasteiger partial charge in [0.2, 0.25) is 0 Å². The molecule has 0 aliphatic carbocycles. The average molecular weight is 811 g/mol. The molecular formula is C40H62N2O15. The number of ether oxygens (including phenoxy) is 9. The quantitative estimate of drug-likeness (QED) is 0.248. The van der Waals surface area contributed by atoms with Gasteiger partial charge in [0.25, 0.3) is 5.56 Å². The number of aromatic amines is 1. The van der Waals surface area contributed by atoms with Gasteiger partial charge in [0.05, 0.1) is 28.3 Å². The van der Waals surface area contributed by atoms with Crippen LogP contribution in [0.3, 0.4) is 0 Å². The molecule has 4 rings (SSSR count). The van der Waals surface area contributed by atoms with E-state index in [9.17, 15) is 28.8 Å². The molecule has 0 spiro atoms. The largest absolute Gasteiger partial charge is 0.462 e. The van der Waals surface area contributed by atoms with Crippen molar-refractivity contribution in [3.63, 3.8) is 0 Å². The topological polar surface area (TPSA) is 206 Å². The Hall–Kier alpha value is -3.64. The van der Waals surface area contributed by atoms with Gasteiger partial charge in [-0.15, -0.1) is 0 Å². The minimum absolute atomic E-state index is 0.308. The van der Waals surface area contributed by atoms with Crippen LogP contribution >= 0.6 is 0 Å². The second-order valence-electron chi connectivity index (χ2n) is 18.9. The van der Waals surface area contributed by atoms with Crippen molar-refractivity contribution in [3.05, 3.63) is 33.1 Å². The van der Waals surface area contributed by atoms with Gasteiger partial charge in [0.1, 0.15) is 31.0 Å². The van der Waals surface area contributed by atoms with Crippen molar-refractivity contribution in [3.8, 4) is 0 Å². The van der Waals surface area contributed by atoms with E-state index in [1.54, 1.807) is 83.1 Å². The van der Waals surface area contributed by atoms with Gasteiger partial charge in [-0.1, -0.05) is 13.8 Å². The summed E-state index contributed by atoms with van der Waals surface area (Å²) >= 11 is 0. The first-order valence-corrected chi connectivity index (χ1v) is 19.5. The van der Waals surface area contributed by atoms with E-state index in [1.807, 2.05) is 13.8 Å². The Balaban J connectivity index is 1.79. The lowest BCUT2D eigenvalue weighted by Gasteiger charge is -2.46. The van der Waals surface area contributed by atoms with E-state index >= 15 is 0 Å². The fourth-order valence-corrected chi connectivity index (χ4v) is 6.08. The van der Waals surface area contributed by atoms with Crippen LogP contribution in [0.25, 0.3) is 0 Å². The molecule has 322 valence electrons. The number of hydrogen-bond acceptors (Lipinski definition) is 15. The number of carbonyl (C=O) groups excluding carboxylic acids is 4. The van der Waals surface area contributed by atoms with Crippen LogP contribution in [-0.4, -0.2) is 101 Å². The van der Waals surface area contributed by atoms with Crippen molar-refractivity contribution in [2.75, 3.05) is 13.2 Å². The Bertz CT molecular complexity index is 1740. The van der Waals surface area contributed by atoms with Crippen molar-refractivity contribution in [1.82, 2.24) is 9.55 Å². The Labute approximate surface area is 333 Å². The van der Waals surface area contributed by atoms with E-state index in [4.69, 9.17) is 42.6 Å². The average Bonchev–Trinajstić information content (AvgIpc) is 3.63. The van der Waals surface area contributed by atoms with E-state index in [-0.39, 0.29) is 6.61 Å². The molecule has 0 radical (unpaired) electrons. The second kappa shape index (κ2) is 16.9. The van der Waals surface area contributed by atoms with E-state index < -0.39 is 124 Å². The molecule has 3 saturated heterocycles. The van der Waals surface area contributed by atoms with Crippen molar-refractivity contribution >= 4 is 23.9 Å². The summed E-state index contributed by atoms with van der Waals surface area (Å²) in [7, 11) is 0. The lowest BCUT2D eigenvalue weighted by molar-refractivity contribution is -0.317. The van der Waals surface area contributed by atoms with Gasteiger partial charge in [-0.05, 0) is 95.9 Å². The van der Waals surface area contributed by atoms with Crippen LogP contribution in [-0.2, 0) is 61.8 Å². The summed E-state index contributed by atoms with van der Waals surface area (Å²) in [6.07, 6.45) is -8.64. The predicted molar refractivity (Wildman–Crippen MR) is 201 cm³/mol. The van der Waals surface area contributed by atoms with Crippen molar-refractivity contribution in [1.29, 1.82) is 0 Å². The van der Waals surface area contributed by atoms with Crippen LogP contribution in [0.15, 0.2) is 21.9 Å². The number of fused-ring (bicyclic) bond motifs is 1. The molecule has 17 nitrogen and oxygen atoms in total. The minimum atomic E-state index is -1.53. The van der Waals surface area contributed by atoms with Crippen LogP contribution in [0.2, 0.25) is 0 Å². The molecule has 57 heavy (non-hydrogen) atoms. The molecule has 0 aromatic carbocycles. The van der Waals surface area contributed by atoms with Gasteiger partial charge < -0.3 is 42.6 Å². The molecule has 0 bridgehead atoms. The van der Waals surface area contributed by atoms with Crippen LogP contribution in [0, 0.1) is 21.7 Å². The third-order valence-corrected chi connectivity index (χ3v) is 9.76. The lowest BCUT2D eigenvalue weighted by atomic mass is 9.93. The summed E-state index contributed by atoms with van der Waals surface area (Å²) < 4.78 is 57.1. The molecular weight excluding hydrogens is 748 g/mol. The van der Waals surface area contributed by atoms with E-state index in [1.165, 1.54) is 16.8 Å². The van der Waals surface area contributed by atoms with Gasteiger partial charge in [-0.25, -0.2) is 4.79 Å². The highest BCUT2D eigenvalue weighted by Gasteiger charge is 2.59. The Morgan fingerprint density at radius 1 is 0.667 bits per heavy atom. The van der Waals surface area contributed by atoms with E-state index in [2.05, 4.69) is 4.98 Å². The summed E-state index contributed by atoms with van der Waals surface area (Å²) in [4.78, 5) is 80.9. The Morgan fingerprint density at radius 2 is 1.16 bits per heavy atom. The first-order chi connectivity index (χ1) is 26.1. The molecule has 1 aromatic rings. The molecule has 17 heteroatoms. The normalized spacial score (nSPS) is 29.0. The molecule has 3 fully saturated rings. The van der Waals surface area contributed by atoms with E-state index in [0.717, 1.165) is 0 Å². The number of hydrogen-bond donors (Lipinski definition) is 1. The third kappa shape index (κ3) is 10.7. The fourth-order valence-electron chi connectivity index (χ4n) is 6.08. The van der Waals surface area contributed by atoms with Crippen LogP contribution in [0.5, 0.6) is 0 Å². The maximum Gasteiger partial charge on any atom is 0.330 e. The zero-order valence-electron chi connectivity index (χ0n) is 35.8. The van der Waals surface area contributed by atoms with Crippen molar-refractivity contribution < 1.29 is 61.8 Å². The molecule has 0 saturated carbocycles. The number of aromatic nitrogens is 2. The molecule has 3 aliphatic heterocycles. The molecule has 9 atom stereocenters. The number of H-pyrrole nitrogens is 1. The number of carbonyl (C=O) groups is 4. The Kier molecular flexibility index (Phi) is 13.7. The van der Waals surface area contributed by atoms with Crippen LogP contribution in [0.4, 0.5) is 0 Å². The lowest BCUT2D eigenvalue weighted by Crippen LogP contribution is -2.64. The predicted octanol–water partition coefficient (Wildman–Crippen LogP) is 3.94.